The van der Waals surface area contributed by atoms with Crippen molar-refractivity contribution in [3.63, 3.8) is 0 Å². The lowest BCUT2D eigenvalue weighted by Crippen LogP contribution is -2.34. The van der Waals surface area contributed by atoms with Gasteiger partial charge in [0.2, 0.25) is 5.91 Å². The average Bonchev–Trinajstić information content (AvgIpc) is 2.59. The van der Waals surface area contributed by atoms with Crippen LogP contribution in [0.25, 0.3) is 0 Å². The van der Waals surface area contributed by atoms with Crippen LogP contribution < -0.4 is 10.6 Å². The summed E-state index contributed by atoms with van der Waals surface area (Å²) >= 11 is 0. The van der Waals surface area contributed by atoms with E-state index in [0.717, 1.165) is 17.8 Å². The third-order valence-electron chi connectivity index (χ3n) is 3.07. The van der Waals surface area contributed by atoms with Crippen LogP contribution in [-0.4, -0.2) is 23.5 Å². The number of nitrogens with zero attached hydrogens (tertiary/aromatic N) is 2. The first-order chi connectivity index (χ1) is 7.89. The largest absolute Gasteiger partial charge is 0.320 e. The predicted molar refractivity (Wildman–Crippen MR) is 67.9 cm³/mol. The molecule has 0 radical (unpaired) electrons. The van der Waals surface area contributed by atoms with Crippen LogP contribution in [0, 0.1) is 0 Å². The van der Waals surface area contributed by atoms with E-state index in [0.29, 0.717) is 6.54 Å². The van der Waals surface area contributed by atoms with Gasteiger partial charge in [0.25, 0.3) is 0 Å². The number of aromatic nitrogens is 1. The highest BCUT2D eigenvalue weighted by molar-refractivity contribution is 5.99. The van der Waals surface area contributed by atoms with E-state index in [1.54, 1.807) is 11.1 Å². The smallest absolute Gasteiger partial charge is 0.244 e. The normalized spacial score (nSPS) is 21.1. The monoisotopic (exact) mass is 233 g/mol. The number of carbonyl (C=O) groups excluding carboxylic acids is 1. The number of carbonyl (C=O) groups is 1. The molecule has 0 aromatic carbocycles. The number of pyridine rings is 1. The number of rotatable bonds is 1. The fraction of sp³-hybridized carbons (Fsp3) is 0.538. The molecule has 17 heavy (non-hydrogen) atoms. The van der Waals surface area contributed by atoms with Gasteiger partial charge in [0.15, 0.2) is 0 Å². The molecule has 4 heteroatoms. The van der Waals surface area contributed by atoms with Gasteiger partial charge in [0, 0.05) is 17.7 Å². The molecule has 1 aromatic heterocycles. The molecule has 2 N–H and O–H groups in total. The molecule has 2 rings (SSSR count). The third kappa shape index (κ3) is 2.31. The summed E-state index contributed by atoms with van der Waals surface area (Å²) in [4.78, 5) is 17.9. The highest BCUT2D eigenvalue weighted by Crippen LogP contribution is 2.24. The molecule has 2 heterocycles. The van der Waals surface area contributed by atoms with Crippen LogP contribution in [0.5, 0.6) is 0 Å². The SMILES string of the molecule is CC(C)(C)c1ccc(N2CC[C@@H](N)C2=O)cn1. The van der Waals surface area contributed by atoms with Crippen LogP contribution >= 0.6 is 0 Å². The Morgan fingerprint density at radius 3 is 2.53 bits per heavy atom. The lowest BCUT2D eigenvalue weighted by Gasteiger charge is -2.20. The second kappa shape index (κ2) is 4.11. The van der Waals surface area contributed by atoms with Gasteiger partial charge in [-0.3, -0.25) is 9.78 Å². The standard InChI is InChI=1S/C13H19N3O/c1-13(2,3)11-5-4-9(8-15-11)16-7-6-10(14)12(16)17/h4-5,8,10H,6-7,14H2,1-3H3/t10-/m1/s1. The summed E-state index contributed by atoms with van der Waals surface area (Å²) in [5, 5.41) is 0. The fourth-order valence-electron chi connectivity index (χ4n) is 1.95. The van der Waals surface area contributed by atoms with Gasteiger partial charge in [-0.15, -0.1) is 0 Å². The van der Waals surface area contributed by atoms with E-state index < -0.39 is 0 Å². The van der Waals surface area contributed by atoms with Gasteiger partial charge in [0.05, 0.1) is 17.9 Å². The van der Waals surface area contributed by atoms with Crippen molar-refractivity contribution >= 4 is 11.6 Å². The van der Waals surface area contributed by atoms with E-state index in [1.807, 2.05) is 12.1 Å². The summed E-state index contributed by atoms with van der Waals surface area (Å²) in [5.74, 6) is -0.00434. The average molecular weight is 233 g/mol. The Hall–Kier alpha value is -1.42. The Morgan fingerprint density at radius 2 is 2.12 bits per heavy atom. The molecule has 1 amide bonds. The molecule has 1 aliphatic heterocycles. The minimum atomic E-state index is -0.350. The van der Waals surface area contributed by atoms with Gasteiger partial charge < -0.3 is 10.6 Å². The van der Waals surface area contributed by atoms with E-state index >= 15 is 0 Å². The molecule has 0 aliphatic carbocycles. The zero-order chi connectivity index (χ0) is 12.6. The van der Waals surface area contributed by atoms with Crippen molar-refractivity contribution in [3.8, 4) is 0 Å². The van der Waals surface area contributed by atoms with E-state index in [2.05, 4.69) is 25.8 Å². The molecular formula is C13H19N3O. The Morgan fingerprint density at radius 1 is 1.41 bits per heavy atom. The van der Waals surface area contributed by atoms with Gasteiger partial charge in [-0.25, -0.2) is 0 Å². The van der Waals surface area contributed by atoms with Gasteiger partial charge in [-0.2, -0.15) is 0 Å². The van der Waals surface area contributed by atoms with Crippen LogP contribution in [0.3, 0.4) is 0 Å². The first-order valence-corrected chi connectivity index (χ1v) is 5.93. The summed E-state index contributed by atoms with van der Waals surface area (Å²) in [5.41, 5.74) is 7.59. The van der Waals surface area contributed by atoms with Crippen LogP contribution in [-0.2, 0) is 10.2 Å². The molecule has 1 aliphatic rings. The topological polar surface area (TPSA) is 59.2 Å². The highest BCUT2D eigenvalue weighted by atomic mass is 16.2. The van der Waals surface area contributed by atoms with Crippen LogP contribution in [0.2, 0.25) is 0 Å². The van der Waals surface area contributed by atoms with E-state index in [-0.39, 0.29) is 17.4 Å². The van der Waals surface area contributed by atoms with Crippen LogP contribution in [0.15, 0.2) is 18.3 Å². The first-order valence-electron chi connectivity index (χ1n) is 5.93. The summed E-state index contributed by atoms with van der Waals surface area (Å²) < 4.78 is 0. The summed E-state index contributed by atoms with van der Waals surface area (Å²) in [6, 6.07) is 3.58. The maximum atomic E-state index is 11.8. The van der Waals surface area contributed by atoms with Gasteiger partial charge in [-0.1, -0.05) is 20.8 Å². The van der Waals surface area contributed by atoms with E-state index in [1.165, 1.54) is 0 Å². The molecule has 92 valence electrons. The molecule has 0 bridgehead atoms. The molecule has 1 aromatic rings. The van der Waals surface area contributed by atoms with Crippen molar-refractivity contribution in [1.29, 1.82) is 0 Å². The summed E-state index contributed by atoms with van der Waals surface area (Å²) in [7, 11) is 0. The van der Waals surface area contributed by atoms with Crippen molar-refractivity contribution in [2.75, 3.05) is 11.4 Å². The molecular weight excluding hydrogens is 214 g/mol. The van der Waals surface area contributed by atoms with E-state index in [4.69, 9.17) is 5.73 Å². The van der Waals surface area contributed by atoms with E-state index in [9.17, 15) is 4.79 Å². The van der Waals surface area contributed by atoms with Gasteiger partial charge in [-0.05, 0) is 18.6 Å². The summed E-state index contributed by atoms with van der Waals surface area (Å²) in [6.07, 6.45) is 2.48. The number of hydrogen-bond donors (Lipinski definition) is 1. The predicted octanol–water partition coefficient (Wildman–Crippen LogP) is 1.44. The third-order valence-corrected chi connectivity index (χ3v) is 3.07. The Bertz CT molecular complexity index is 419. The maximum Gasteiger partial charge on any atom is 0.244 e. The molecule has 0 saturated carbocycles. The zero-order valence-corrected chi connectivity index (χ0v) is 10.6. The Kier molecular flexibility index (Phi) is 2.91. The molecule has 1 atom stereocenters. The van der Waals surface area contributed by atoms with Crippen molar-refractivity contribution in [2.45, 2.75) is 38.6 Å². The number of hydrogen-bond acceptors (Lipinski definition) is 3. The van der Waals surface area contributed by atoms with Crippen molar-refractivity contribution < 1.29 is 4.79 Å². The Balaban J connectivity index is 2.22. The minimum absolute atomic E-state index is 0.00434. The summed E-state index contributed by atoms with van der Waals surface area (Å²) in [6.45, 7) is 7.04. The lowest BCUT2D eigenvalue weighted by atomic mass is 9.92. The van der Waals surface area contributed by atoms with Crippen LogP contribution in [0.4, 0.5) is 5.69 Å². The molecule has 1 saturated heterocycles. The second-order valence-corrected chi connectivity index (χ2v) is 5.54. The Labute approximate surface area is 102 Å². The van der Waals surface area contributed by atoms with Gasteiger partial charge in [0.1, 0.15) is 0 Å². The zero-order valence-electron chi connectivity index (χ0n) is 10.6. The van der Waals surface area contributed by atoms with Crippen LogP contribution in [0.1, 0.15) is 32.9 Å². The molecule has 0 spiro atoms. The highest BCUT2D eigenvalue weighted by Gasteiger charge is 2.29. The fourth-order valence-corrected chi connectivity index (χ4v) is 1.95. The molecule has 0 unspecified atom stereocenters. The first kappa shape index (κ1) is 12.0. The van der Waals surface area contributed by atoms with Crippen molar-refractivity contribution in [1.82, 2.24) is 4.98 Å². The van der Waals surface area contributed by atoms with Gasteiger partial charge >= 0.3 is 0 Å². The second-order valence-electron chi connectivity index (χ2n) is 5.54. The van der Waals surface area contributed by atoms with Crippen molar-refractivity contribution in [3.05, 3.63) is 24.0 Å². The van der Waals surface area contributed by atoms with Crippen molar-refractivity contribution in [2.24, 2.45) is 5.73 Å². The quantitative estimate of drug-likeness (QED) is 0.798. The molecule has 1 fully saturated rings. The minimum Gasteiger partial charge on any atom is -0.320 e. The number of amides is 1. The number of nitrogens with two attached hydrogens (primary N) is 1. The maximum absolute atomic E-state index is 11.8. The lowest BCUT2D eigenvalue weighted by molar-refractivity contribution is -0.118. The molecule has 4 nitrogen and oxygen atoms in total. The number of anilines is 1.